The first kappa shape index (κ1) is 25.0. The lowest BCUT2D eigenvalue weighted by atomic mass is 10.1. The molecule has 0 heterocycles. The SMILES string of the molecule is CCN(CCCCCC(C)(F)F)C(=O)CCC(=O)c1ccc(NS(C)(=O)=O)cc1. The second-order valence-corrected chi connectivity index (χ2v) is 8.98. The maximum Gasteiger partial charge on any atom is 0.245 e. The van der Waals surface area contributed by atoms with Crippen LogP contribution < -0.4 is 4.72 Å². The minimum absolute atomic E-state index is 0.0518. The highest BCUT2D eigenvalue weighted by atomic mass is 32.2. The van der Waals surface area contributed by atoms with E-state index in [1.165, 1.54) is 24.3 Å². The Morgan fingerprint density at radius 1 is 1.07 bits per heavy atom. The lowest BCUT2D eigenvalue weighted by molar-refractivity contribution is -0.131. The van der Waals surface area contributed by atoms with E-state index >= 15 is 0 Å². The lowest BCUT2D eigenvalue weighted by Crippen LogP contribution is -2.32. The van der Waals surface area contributed by atoms with Crippen molar-refractivity contribution in [3.05, 3.63) is 29.8 Å². The summed E-state index contributed by atoms with van der Waals surface area (Å²) in [4.78, 5) is 26.2. The van der Waals surface area contributed by atoms with Gasteiger partial charge in [-0.25, -0.2) is 17.2 Å². The van der Waals surface area contributed by atoms with Crippen molar-refractivity contribution < 1.29 is 26.8 Å². The van der Waals surface area contributed by atoms with Gasteiger partial charge in [-0.1, -0.05) is 6.42 Å². The molecule has 0 saturated carbocycles. The third kappa shape index (κ3) is 10.9. The van der Waals surface area contributed by atoms with E-state index in [4.69, 9.17) is 0 Å². The Hall–Kier alpha value is -2.03. The number of hydrogen-bond donors (Lipinski definition) is 1. The highest BCUT2D eigenvalue weighted by molar-refractivity contribution is 7.92. The molecule has 1 aromatic carbocycles. The molecule has 1 N–H and O–H groups in total. The van der Waals surface area contributed by atoms with Gasteiger partial charge in [0.05, 0.1) is 6.26 Å². The lowest BCUT2D eigenvalue weighted by Gasteiger charge is -2.21. The number of halogens is 2. The molecular weight excluding hydrogens is 402 g/mol. The molecule has 164 valence electrons. The van der Waals surface area contributed by atoms with E-state index in [-0.39, 0.29) is 31.0 Å². The van der Waals surface area contributed by atoms with Crippen LogP contribution in [0.3, 0.4) is 0 Å². The predicted molar refractivity (Wildman–Crippen MR) is 110 cm³/mol. The number of nitrogens with zero attached hydrogens (tertiary/aromatic N) is 1. The zero-order chi connectivity index (χ0) is 22.1. The summed E-state index contributed by atoms with van der Waals surface area (Å²) in [5.74, 6) is -3.00. The molecule has 0 atom stereocenters. The zero-order valence-electron chi connectivity index (χ0n) is 17.2. The van der Waals surface area contributed by atoms with Crippen LogP contribution in [-0.2, 0) is 14.8 Å². The maximum atomic E-state index is 12.8. The summed E-state index contributed by atoms with van der Waals surface area (Å²) in [5, 5.41) is 0. The van der Waals surface area contributed by atoms with E-state index in [2.05, 4.69) is 4.72 Å². The van der Waals surface area contributed by atoms with Crippen molar-refractivity contribution in [3.8, 4) is 0 Å². The van der Waals surface area contributed by atoms with Crippen LogP contribution in [0.5, 0.6) is 0 Å². The van der Waals surface area contributed by atoms with Gasteiger partial charge in [0.15, 0.2) is 5.78 Å². The first-order chi connectivity index (χ1) is 13.4. The molecule has 0 radical (unpaired) electrons. The molecule has 9 heteroatoms. The maximum absolute atomic E-state index is 12.8. The number of alkyl halides is 2. The third-order valence-corrected chi connectivity index (χ3v) is 4.96. The van der Waals surface area contributed by atoms with Crippen LogP contribution in [0, 0.1) is 0 Å². The summed E-state index contributed by atoms with van der Waals surface area (Å²) in [6.45, 7) is 3.74. The molecule has 0 fully saturated rings. The fraction of sp³-hybridized carbons (Fsp3) is 0.600. The highest BCUT2D eigenvalue weighted by Gasteiger charge is 2.20. The van der Waals surface area contributed by atoms with Gasteiger partial charge in [0.1, 0.15) is 0 Å². The second kappa shape index (κ2) is 11.2. The Balaban J connectivity index is 2.43. The van der Waals surface area contributed by atoms with Crippen molar-refractivity contribution in [1.82, 2.24) is 4.90 Å². The molecule has 0 saturated heterocycles. The number of rotatable bonds is 13. The molecule has 1 amide bonds. The Morgan fingerprint density at radius 3 is 2.21 bits per heavy atom. The van der Waals surface area contributed by atoms with Crippen molar-refractivity contribution in [1.29, 1.82) is 0 Å². The van der Waals surface area contributed by atoms with Crippen LogP contribution >= 0.6 is 0 Å². The predicted octanol–water partition coefficient (Wildman–Crippen LogP) is 4.09. The quantitative estimate of drug-likeness (QED) is 0.376. The number of anilines is 1. The smallest absolute Gasteiger partial charge is 0.245 e. The molecule has 0 aromatic heterocycles. The summed E-state index contributed by atoms with van der Waals surface area (Å²) >= 11 is 0. The molecule has 6 nitrogen and oxygen atoms in total. The van der Waals surface area contributed by atoms with Crippen molar-refractivity contribution in [3.63, 3.8) is 0 Å². The van der Waals surface area contributed by atoms with Crippen molar-refractivity contribution in [2.75, 3.05) is 24.1 Å². The van der Waals surface area contributed by atoms with Gasteiger partial charge >= 0.3 is 0 Å². The number of sulfonamides is 1. The summed E-state index contributed by atoms with van der Waals surface area (Å²) in [5.41, 5.74) is 0.763. The molecule has 0 unspecified atom stereocenters. The summed E-state index contributed by atoms with van der Waals surface area (Å²) in [6.07, 6.45) is 2.70. The normalized spacial score (nSPS) is 11.9. The molecule has 0 aliphatic carbocycles. The van der Waals surface area contributed by atoms with E-state index in [0.717, 1.165) is 13.2 Å². The van der Waals surface area contributed by atoms with Gasteiger partial charge in [-0.15, -0.1) is 0 Å². The fourth-order valence-corrected chi connectivity index (χ4v) is 3.40. The van der Waals surface area contributed by atoms with E-state index in [0.29, 0.717) is 43.6 Å². The van der Waals surface area contributed by atoms with Gasteiger partial charge in [0, 0.05) is 43.6 Å². The number of nitrogens with one attached hydrogen (secondary N) is 1. The summed E-state index contributed by atoms with van der Waals surface area (Å²) < 4.78 is 50.3. The van der Waals surface area contributed by atoms with E-state index < -0.39 is 15.9 Å². The molecule has 1 rings (SSSR count). The number of ketones is 1. The van der Waals surface area contributed by atoms with Crippen LogP contribution in [0.2, 0.25) is 0 Å². The summed E-state index contributed by atoms with van der Waals surface area (Å²) in [6, 6.07) is 6.02. The monoisotopic (exact) mass is 432 g/mol. The Kier molecular flexibility index (Phi) is 9.68. The van der Waals surface area contributed by atoms with Gasteiger partial charge < -0.3 is 4.90 Å². The van der Waals surface area contributed by atoms with E-state index in [1.54, 1.807) is 4.90 Å². The van der Waals surface area contributed by atoms with Gasteiger partial charge in [0.2, 0.25) is 21.9 Å². The first-order valence-corrected chi connectivity index (χ1v) is 11.6. The topological polar surface area (TPSA) is 83.6 Å². The van der Waals surface area contributed by atoms with Gasteiger partial charge in [0.25, 0.3) is 0 Å². The fourth-order valence-electron chi connectivity index (χ4n) is 2.84. The van der Waals surface area contributed by atoms with Crippen LogP contribution in [0.4, 0.5) is 14.5 Å². The Morgan fingerprint density at radius 2 is 1.69 bits per heavy atom. The second-order valence-electron chi connectivity index (χ2n) is 7.23. The summed E-state index contributed by atoms with van der Waals surface area (Å²) in [7, 11) is -3.39. The van der Waals surface area contributed by atoms with Crippen molar-refractivity contribution in [2.45, 2.75) is 58.3 Å². The average Bonchev–Trinajstić information content (AvgIpc) is 2.60. The molecular formula is C20H30F2N2O4S. The standard InChI is InChI=1S/C20H30F2N2O4S/c1-4-24(15-7-5-6-14-20(2,21)22)19(26)13-12-18(25)16-8-10-17(11-9-16)23-29(3,27)28/h8-11,23H,4-7,12-15H2,1-3H3. The number of hydrogen-bond acceptors (Lipinski definition) is 4. The molecule has 0 spiro atoms. The van der Waals surface area contributed by atoms with Crippen molar-refractivity contribution in [2.24, 2.45) is 0 Å². The van der Waals surface area contributed by atoms with Gasteiger partial charge in [-0.2, -0.15) is 0 Å². The minimum atomic E-state index is -3.39. The number of carbonyl (C=O) groups is 2. The minimum Gasteiger partial charge on any atom is -0.343 e. The molecule has 0 aliphatic rings. The van der Waals surface area contributed by atoms with Crippen LogP contribution in [0.1, 0.15) is 62.7 Å². The van der Waals surface area contributed by atoms with Crippen molar-refractivity contribution >= 4 is 27.4 Å². The molecule has 0 bridgehead atoms. The van der Waals surface area contributed by atoms with E-state index in [1.807, 2.05) is 6.92 Å². The number of Topliss-reactive ketones (excluding diaryl/α,β-unsaturated/α-hetero) is 1. The Bertz CT molecular complexity index is 775. The number of amides is 1. The largest absolute Gasteiger partial charge is 0.343 e. The van der Waals surface area contributed by atoms with E-state index in [9.17, 15) is 26.8 Å². The van der Waals surface area contributed by atoms with Crippen LogP contribution in [0.25, 0.3) is 0 Å². The number of carbonyl (C=O) groups excluding carboxylic acids is 2. The Labute approximate surface area is 171 Å². The van der Waals surface area contributed by atoms with Gasteiger partial charge in [-0.3, -0.25) is 14.3 Å². The first-order valence-electron chi connectivity index (χ1n) is 9.68. The molecule has 1 aromatic rings. The molecule has 0 aliphatic heterocycles. The number of unbranched alkanes of at least 4 members (excludes halogenated alkanes) is 2. The highest BCUT2D eigenvalue weighted by Crippen LogP contribution is 2.20. The average molecular weight is 433 g/mol. The number of benzene rings is 1. The van der Waals surface area contributed by atoms with Crippen LogP contribution in [-0.4, -0.2) is 50.3 Å². The zero-order valence-corrected chi connectivity index (χ0v) is 18.0. The molecule has 29 heavy (non-hydrogen) atoms. The third-order valence-electron chi connectivity index (χ3n) is 4.35. The van der Waals surface area contributed by atoms with Crippen LogP contribution in [0.15, 0.2) is 24.3 Å². The van der Waals surface area contributed by atoms with Gasteiger partial charge in [-0.05, 0) is 51.0 Å².